The Labute approximate surface area is 249 Å². The first kappa shape index (κ1) is 29.7. The van der Waals surface area contributed by atoms with Gasteiger partial charge >= 0.3 is 0 Å². The molecule has 0 aliphatic carbocycles. The third-order valence-corrected chi connectivity index (χ3v) is 7.41. The standard InChI is InChI=1S/C31H26F3N5O3S/c1-41-14-4-7-27-39-28(18-5-3-6-20(15-18)36-30(40)22-16-19(32)8-10-23(22)33)29(43-27)25-12-13-35-31(38-25)37-21-9-11-26(42-2)24(34)17-21/h3,5-6,8-13,15-17H,4,7,14H2,1-2H3,(H,36,40)(H,35,37,38). The predicted molar refractivity (Wildman–Crippen MR) is 159 cm³/mol. The van der Waals surface area contributed by atoms with E-state index >= 15 is 0 Å². The molecule has 8 nitrogen and oxygen atoms in total. The van der Waals surface area contributed by atoms with E-state index in [2.05, 4.69) is 20.6 Å². The van der Waals surface area contributed by atoms with Crippen LogP contribution in [0, 0.1) is 17.5 Å². The lowest BCUT2D eigenvalue weighted by Crippen LogP contribution is -2.14. The Morgan fingerprint density at radius 2 is 1.79 bits per heavy atom. The second-order valence-corrected chi connectivity index (χ2v) is 10.4. The first-order valence-electron chi connectivity index (χ1n) is 13.1. The maximum absolute atomic E-state index is 14.2. The molecule has 0 aliphatic rings. The lowest BCUT2D eigenvalue weighted by atomic mass is 10.1. The zero-order valence-electron chi connectivity index (χ0n) is 23.2. The number of aryl methyl sites for hydroxylation is 1. The molecule has 12 heteroatoms. The van der Waals surface area contributed by atoms with Crippen LogP contribution in [0.2, 0.25) is 0 Å². The minimum Gasteiger partial charge on any atom is -0.494 e. The maximum atomic E-state index is 14.2. The molecule has 0 fully saturated rings. The van der Waals surface area contributed by atoms with Gasteiger partial charge in [-0.05, 0) is 55.0 Å². The van der Waals surface area contributed by atoms with Crippen molar-refractivity contribution in [1.82, 2.24) is 15.0 Å². The smallest absolute Gasteiger partial charge is 0.258 e. The molecule has 0 spiro atoms. The summed E-state index contributed by atoms with van der Waals surface area (Å²) < 4.78 is 52.2. The van der Waals surface area contributed by atoms with Crippen LogP contribution in [0.25, 0.3) is 21.8 Å². The van der Waals surface area contributed by atoms with Crippen LogP contribution in [0.4, 0.5) is 30.5 Å². The molecule has 0 unspecified atom stereocenters. The van der Waals surface area contributed by atoms with Crippen LogP contribution in [-0.2, 0) is 11.2 Å². The van der Waals surface area contributed by atoms with Gasteiger partial charge in [-0.1, -0.05) is 12.1 Å². The summed E-state index contributed by atoms with van der Waals surface area (Å²) in [5.41, 5.74) is 2.28. The van der Waals surface area contributed by atoms with Crippen molar-refractivity contribution in [1.29, 1.82) is 0 Å². The van der Waals surface area contributed by atoms with Gasteiger partial charge in [-0.15, -0.1) is 11.3 Å². The van der Waals surface area contributed by atoms with E-state index in [0.717, 1.165) is 34.5 Å². The summed E-state index contributed by atoms with van der Waals surface area (Å²) in [7, 11) is 3.03. The van der Waals surface area contributed by atoms with Crippen LogP contribution in [0.5, 0.6) is 5.75 Å². The summed E-state index contributed by atoms with van der Waals surface area (Å²) in [6, 6.07) is 15.8. The Bertz CT molecular complexity index is 1760. The van der Waals surface area contributed by atoms with Crippen molar-refractivity contribution in [2.75, 3.05) is 31.5 Å². The van der Waals surface area contributed by atoms with Gasteiger partial charge in [0.2, 0.25) is 5.95 Å². The zero-order chi connectivity index (χ0) is 30.3. The van der Waals surface area contributed by atoms with Gasteiger partial charge in [0.1, 0.15) is 11.6 Å². The van der Waals surface area contributed by atoms with Crippen LogP contribution in [0.3, 0.4) is 0 Å². The van der Waals surface area contributed by atoms with Crippen molar-refractivity contribution in [2.24, 2.45) is 0 Å². The highest BCUT2D eigenvalue weighted by Crippen LogP contribution is 2.38. The van der Waals surface area contributed by atoms with Gasteiger partial charge in [0, 0.05) is 49.3 Å². The first-order chi connectivity index (χ1) is 20.8. The van der Waals surface area contributed by atoms with Gasteiger partial charge in [0.15, 0.2) is 11.6 Å². The Morgan fingerprint density at radius 3 is 2.58 bits per heavy atom. The van der Waals surface area contributed by atoms with Crippen LogP contribution in [0.1, 0.15) is 21.8 Å². The number of rotatable bonds is 11. The molecule has 0 radical (unpaired) electrons. The van der Waals surface area contributed by atoms with Crippen molar-refractivity contribution in [2.45, 2.75) is 12.8 Å². The van der Waals surface area contributed by atoms with E-state index in [1.165, 1.54) is 30.6 Å². The number of aromatic nitrogens is 3. The molecular formula is C31H26F3N5O3S. The van der Waals surface area contributed by atoms with Gasteiger partial charge < -0.3 is 20.1 Å². The number of carbonyl (C=O) groups is 1. The number of benzene rings is 3. The summed E-state index contributed by atoms with van der Waals surface area (Å²) in [6.45, 7) is 0.572. The number of carbonyl (C=O) groups excluding carboxylic acids is 1. The monoisotopic (exact) mass is 605 g/mol. The molecule has 5 aromatic rings. The average Bonchev–Trinajstić information content (AvgIpc) is 3.43. The quantitative estimate of drug-likeness (QED) is 0.153. The molecule has 0 atom stereocenters. The average molecular weight is 606 g/mol. The number of ether oxygens (including phenoxy) is 2. The van der Waals surface area contributed by atoms with Crippen LogP contribution < -0.4 is 15.4 Å². The third kappa shape index (κ3) is 7.16. The largest absolute Gasteiger partial charge is 0.494 e. The zero-order valence-corrected chi connectivity index (χ0v) is 24.0. The highest BCUT2D eigenvalue weighted by atomic mass is 32.1. The number of methoxy groups -OCH3 is 2. The number of nitrogens with one attached hydrogen (secondary N) is 2. The SMILES string of the molecule is COCCCc1nc(-c2cccc(NC(=O)c3cc(F)ccc3F)c2)c(-c2ccnc(Nc3ccc(OC)c(F)c3)n2)s1. The van der Waals surface area contributed by atoms with Gasteiger partial charge in [0.05, 0.1) is 33.9 Å². The normalized spacial score (nSPS) is 10.9. The molecule has 0 saturated heterocycles. The summed E-state index contributed by atoms with van der Waals surface area (Å²) in [6.07, 6.45) is 3.02. The molecule has 3 aromatic carbocycles. The third-order valence-electron chi connectivity index (χ3n) is 6.27. The van der Waals surface area contributed by atoms with Crippen molar-refractivity contribution in [3.8, 4) is 27.6 Å². The number of hydrogen-bond acceptors (Lipinski definition) is 8. The Balaban J connectivity index is 1.47. The highest BCUT2D eigenvalue weighted by Gasteiger charge is 2.19. The van der Waals surface area contributed by atoms with Crippen molar-refractivity contribution < 1.29 is 27.4 Å². The van der Waals surface area contributed by atoms with E-state index in [9.17, 15) is 18.0 Å². The summed E-state index contributed by atoms with van der Waals surface area (Å²) in [5.74, 6) is -2.49. The molecule has 5 rings (SSSR count). The fraction of sp³-hybridized carbons (Fsp3) is 0.161. The predicted octanol–water partition coefficient (Wildman–Crippen LogP) is 7.27. The van der Waals surface area contributed by atoms with E-state index in [-0.39, 0.29) is 11.7 Å². The molecule has 220 valence electrons. The van der Waals surface area contributed by atoms with Crippen molar-refractivity contribution in [3.05, 3.63) is 101 Å². The molecule has 1 amide bonds. The van der Waals surface area contributed by atoms with E-state index in [4.69, 9.17) is 14.5 Å². The van der Waals surface area contributed by atoms with Crippen LogP contribution in [-0.4, -0.2) is 41.7 Å². The molecule has 2 N–H and O–H groups in total. The van der Waals surface area contributed by atoms with Gasteiger partial charge in [0.25, 0.3) is 5.91 Å². The lowest BCUT2D eigenvalue weighted by Gasteiger charge is -2.10. The number of thiazole rings is 1. The number of nitrogens with zero attached hydrogens (tertiary/aromatic N) is 3. The summed E-state index contributed by atoms with van der Waals surface area (Å²) in [4.78, 5) is 27.3. The summed E-state index contributed by atoms with van der Waals surface area (Å²) >= 11 is 1.46. The number of hydrogen-bond donors (Lipinski definition) is 2. The molecule has 0 saturated carbocycles. The second kappa shape index (κ2) is 13.4. The highest BCUT2D eigenvalue weighted by molar-refractivity contribution is 7.15. The van der Waals surface area contributed by atoms with E-state index < -0.39 is 28.9 Å². The van der Waals surface area contributed by atoms with Crippen molar-refractivity contribution >= 4 is 34.6 Å². The molecule has 2 aromatic heterocycles. The number of anilines is 3. The Kier molecular flexibility index (Phi) is 9.28. The van der Waals surface area contributed by atoms with E-state index in [1.54, 1.807) is 43.6 Å². The van der Waals surface area contributed by atoms with E-state index in [0.29, 0.717) is 41.4 Å². The van der Waals surface area contributed by atoms with E-state index in [1.807, 2.05) is 6.07 Å². The maximum Gasteiger partial charge on any atom is 0.258 e. The molecule has 43 heavy (non-hydrogen) atoms. The fourth-order valence-corrected chi connectivity index (χ4v) is 5.34. The topological polar surface area (TPSA) is 98.3 Å². The Morgan fingerprint density at radius 1 is 0.930 bits per heavy atom. The molecular weight excluding hydrogens is 579 g/mol. The van der Waals surface area contributed by atoms with Gasteiger partial charge in [-0.3, -0.25) is 4.79 Å². The van der Waals surface area contributed by atoms with Crippen molar-refractivity contribution in [3.63, 3.8) is 0 Å². The molecule has 2 heterocycles. The van der Waals surface area contributed by atoms with Gasteiger partial charge in [-0.25, -0.2) is 28.1 Å². The second-order valence-electron chi connectivity index (χ2n) is 9.28. The Hall–Kier alpha value is -4.81. The molecule has 0 aliphatic heterocycles. The lowest BCUT2D eigenvalue weighted by molar-refractivity contribution is 0.102. The number of amides is 1. The minimum absolute atomic E-state index is 0.120. The van der Waals surface area contributed by atoms with Crippen LogP contribution in [0.15, 0.2) is 72.9 Å². The fourth-order valence-electron chi connectivity index (χ4n) is 4.24. The molecule has 0 bridgehead atoms. The number of halogens is 3. The summed E-state index contributed by atoms with van der Waals surface area (Å²) in [5, 5.41) is 6.50. The van der Waals surface area contributed by atoms with Gasteiger partial charge in [-0.2, -0.15) is 0 Å². The minimum atomic E-state index is -0.830. The first-order valence-corrected chi connectivity index (χ1v) is 14.0. The van der Waals surface area contributed by atoms with Crippen LogP contribution >= 0.6 is 11.3 Å².